The molecule has 0 N–H and O–H groups in total. The average molecular weight is 272 g/mol. The van der Waals surface area contributed by atoms with Crippen LogP contribution in [0.2, 0.25) is 5.15 Å². The topological polar surface area (TPSA) is 61.0 Å². The third kappa shape index (κ3) is 3.16. The van der Waals surface area contributed by atoms with Gasteiger partial charge in [-0.2, -0.15) is 4.98 Å². The molecule has 7 heteroatoms. The third-order valence-corrected chi connectivity index (χ3v) is 2.27. The van der Waals surface area contributed by atoms with Crippen LogP contribution in [0.25, 0.3) is 0 Å². The summed E-state index contributed by atoms with van der Waals surface area (Å²) >= 11 is 5.63. The first-order valence-electron chi connectivity index (χ1n) is 5.21. The van der Waals surface area contributed by atoms with Gasteiger partial charge in [-0.25, -0.2) is 9.37 Å². The van der Waals surface area contributed by atoms with Crippen LogP contribution >= 0.6 is 11.6 Å². The molecule has 0 atom stereocenters. The van der Waals surface area contributed by atoms with Crippen LogP contribution in [0.3, 0.4) is 0 Å². The number of ether oxygens (including phenoxy) is 1. The molecule has 0 amide bonds. The Kier molecular flexibility index (Phi) is 3.47. The van der Waals surface area contributed by atoms with Gasteiger partial charge in [0.05, 0.1) is 6.20 Å². The summed E-state index contributed by atoms with van der Waals surface area (Å²) in [6.45, 7) is 2.76. The molecule has 0 fully saturated rings. The minimum atomic E-state index is -1.66. The Bertz CT molecular complexity index is 522. The van der Waals surface area contributed by atoms with Crippen molar-refractivity contribution in [1.82, 2.24) is 15.1 Å². The summed E-state index contributed by atoms with van der Waals surface area (Å²) in [5, 5.41) is 4.00. The lowest BCUT2D eigenvalue weighted by molar-refractivity contribution is 0.155. The van der Waals surface area contributed by atoms with Crippen molar-refractivity contribution in [1.29, 1.82) is 0 Å². The van der Waals surface area contributed by atoms with E-state index < -0.39 is 5.67 Å². The maximum atomic E-state index is 13.5. The van der Waals surface area contributed by atoms with Gasteiger partial charge in [-0.05, 0) is 26.0 Å². The molecule has 2 rings (SSSR count). The molecular formula is C11H11ClFN3O2. The Morgan fingerprint density at radius 1 is 1.44 bits per heavy atom. The number of rotatable bonds is 4. The molecule has 18 heavy (non-hydrogen) atoms. The van der Waals surface area contributed by atoms with E-state index in [9.17, 15) is 4.39 Å². The average Bonchev–Trinajstić information content (AvgIpc) is 2.77. The van der Waals surface area contributed by atoms with E-state index in [1.807, 2.05) is 0 Å². The number of hydrogen-bond donors (Lipinski definition) is 0. The van der Waals surface area contributed by atoms with Gasteiger partial charge < -0.3 is 9.26 Å². The van der Waals surface area contributed by atoms with Gasteiger partial charge in [0.2, 0.25) is 5.82 Å². The highest BCUT2D eigenvalue weighted by molar-refractivity contribution is 6.29. The predicted molar refractivity (Wildman–Crippen MR) is 62.0 cm³/mol. The maximum absolute atomic E-state index is 13.5. The number of nitrogens with zero attached hydrogens (tertiary/aromatic N) is 3. The number of alkyl halides is 1. The molecule has 0 bridgehead atoms. The molecule has 2 heterocycles. The molecule has 0 saturated carbocycles. The lowest BCUT2D eigenvalue weighted by atomic mass is 10.2. The zero-order valence-electron chi connectivity index (χ0n) is 9.85. The second kappa shape index (κ2) is 4.89. The quantitative estimate of drug-likeness (QED) is 0.800. The van der Waals surface area contributed by atoms with Crippen molar-refractivity contribution in [2.45, 2.75) is 26.1 Å². The van der Waals surface area contributed by atoms with Gasteiger partial charge in [-0.3, -0.25) is 0 Å². The molecule has 2 aromatic rings. The molecular weight excluding hydrogens is 261 g/mol. The molecule has 0 saturated heterocycles. The summed E-state index contributed by atoms with van der Waals surface area (Å²) in [5.41, 5.74) is -1.66. The molecule has 0 spiro atoms. The van der Waals surface area contributed by atoms with Crippen LogP contribution in [0, 0.1) is 0 Å². The first kappa shape index (κ1) is 12.8. The summed E-state index contributed by atoms with van der Waals surface area (Å²) in [4.78, 5) is 7.74. The highest BCUT2D eigenvalue weighted by Crippen LogP contribution is 2.22. The van der Waals surface area contributed by atoms with Crippen molar-refractivity contribution in [2.75, 3.05) is 0 Å². The Morgan fingerprint density at radius 3 is 2.78 bits per heavy atom. The van der Waals surface area contributed by atoms with Gasteiger partial charge in [-0.1, -0.05) is 16.8 Å². The highest BCUT2D eigenvalue weighted by Gasteiger charge is 2.26. The van der Waals surface area contributed by atoms with E-state index in [1.54, 1.807) is 12.1 Å². The molecule has 2 aromatic heterocycles. The fraction of sp³-hybridized carbons (Fsp3) is 0.364. The molecule has 0 aromatic carbocycles. The summed E-state index contributed by atoms with van der Waals surface area (Å²) in [5.74, 6) is 0.714. The maximum Gasteiger partial charge on any atom is 0.263 e. The normalized spacial score (nSPS) is 11.6. The van der Waals surface area contributed by atoms with E-state index in [0.717, 1.165) is 0 Å². The molecule has 5 nitrogen and oxygen atoms in total. The monoisotopic (exact) mass is 271 g/mol. The summed E-state index contributed by atoms with van der Waals surface area (Å²) in [6, 6.07) is 3.26. The van der Waals surface area contributed by atoms with E-state index in [0.29, 0.717) is 10.9 Å². The Hall–Kier alpha value is -1.69. The molecule has 0 aliphatic rings. The smallest absolute Gasteiger partial charge is 0.263 e. The van der Waals surface area contributed by atoms with Crippen molar-refractivity contribution in [2.24, 2.45) is 0 Å². The molecule has 0 unspecified atom stereocenters. The summed E-state index contributed by atoms with van der Waals surface area (Å²) < 4.78 is 23.6. The van der Waals surface area contributed by atoms with Crippen molar-refractivity contribution in [3.8, 4) is 5.75 Å². The highest BCUT2D eigenvalue weighted by atomic mass is 35.5. The second-order valence-electron chi connectivity index (χ2n) is 4.09. The summed E-state index contributed by atoms with van der Waals surface area (Å²) in [7, 11) is 0. The second-order valence-corrected chi connectivity index (χ2v) is 4.48. The van der Waals surface area contributed by atoms with E-state index in [4.69, 9.17) is 20.9 Å². The Morgan fingerprint density at radius 2 is 2.22 bits per heavy atom. The van der Waals surface area contributed by atoms with Gasteiger partial charge in [-0.15, -0.1) is 0 Å². The first-order chi connectivity index (χ1) is 8.45. The minimum absolute atomic E-state index is 0.0723. The largest absolute Gasteiger partial charge is 0.484 e. The predicted octanol–water partition coefficient (Wildman–Crippen LogP) is 2.90. The Labute approximate surface area is 108 Å². The Balaban J connectivity index is 1.98. The molecule has 0 aliphatic carbocycles. The fourth-order valence-corrected chi connectivity index (χ4v) is 1.26. The number of pyridine rings is 1. The van der Waals surface area contributed by atoms with Crippen LogP contribution in [-0.4, -0.2) is 15.1 Å². The van der Waals surface area contributed by atoms with Gasteiger partial charge in [0, 0.05) is 0 Å². The van der Waals surface area contributed by atoms with Crippen molar-refractivity contribution >= 4 is 11.6 Å². The van der Waals surface area contributed by atoms with Gasteiger partial charge in [0.25, 0.3) is 5.89 Å². The molecule has 96 valence electrons. The van der Waals surface area contributed by atoms with Crippen LogP contribution in [0.5, 0.6) is 5.75 Å². The lowest BCUT2D eigenvalue weighted by Crippen LogP contribution is -2.09. The molecule has 0 aliphatic heterocycles. The zero-order valence-corrected chi connectivity index (χ0v) is 10.6. The van der Waals surface area contributed by atoms with Crippen LogP contribution in [-0.2, 0) is 12.3 Å². The summed E-state index contributed by atoms with van der Waals surface area (Å²) in [6.07, 6.45) is 1.47. The van der Waals surface area contributed by atoms with E-state index in [-0.39, 0.29) is 18.3 Å². The SMILES string of the molecule is CC(C)(F)c1nc(COc2ccc(Cl)nc2)no1. The number of aromatic nitrogens is 3. The molecule has 0 radical (unpaired) electrons. The van der Waals surface area contributed by atoms with Gasteiger partial charge in [0.15, 0.2) is 12.3 Å². The van der Waals surface area contributed by atoms with Crippen molar-refractivity contribution in [3.63, 3.8) is 0 Å². The van der Waals surface area contributed by atoms with Crippen LogP contribution < -0.4 is 4.74 Å². The minimum Gasteiger partial charge on any atom is -0.484 e. The van der Waals surface area contributed by atoms with E-state index in [2.05, 4.69) is 15.1 Å². The van der Waals surface area contributed by atoms with Gasteiger partial charge >= 0.3 is 0 Å². The van der Waals surface area contributed by atoms with Crippen LogP contribution in [0.15, 0.2) is 22.9 Å². The standard InChI is InChI=1S/C11H11ClFN3O2/c1-11(2,13)10-15-9(16-18-10)6-17-7-3-4-8(12)14-5-7/h3-5H,6H2,1-2H3. The van der Waals surface area contributed by atoms with Crippen LogP contribution in [0.4, 0.5) is 4.39 Å². The lowest BCUT2D eigenvalue weighted by Gasteiger charge is -2.05. The number of halogens is 2. The van der Waals surface area contributed by atoms with Crippen molar-refractivity contribution in [3.05, 3.63) is 35.2 Å². The van der Waals surface area contributed by atoms with Crippen molar-refractivity contribution < 1.29 is 13.7 Å². The zero-order chi connectivity index (χ0) is 13.2. The van der Waals surface area contributed by atoms with E-state index >= 15 is 0 Å². The van der Waals surface area contributed by atoms with Crippen LogP contribution in [0.1, 0.15) is 25.6 Å². The fourth-order valence-electron chi connectivity index (χ4n) is 1.15. The first-order valence-corrected chi connectivity index (χ1v) is 5.59. The number of hydrogen-bond acceptors (Lipinski definition) is 5. The third-order valence-electron chi connectivity index (χ3n) is 2.04. The van der Waals surface area contributed by atoms with E-state index in [1.165, 1.54) is 20.0 Å². The van der Waals surface area contributed by atoms with Gasteiger partial charge in [0.1, 0.15) is 10.9 Å².